The fraction of sp³-hybridized carbons (Fsp3) is 0.359. The van der Waals surface area contributed by atoms with E-state index in [1.165, 1.54) is 27.1 Å². The van der Waals surface area contributed by atoms with Crippen LogP contribution >= 0.6 is 36.0 Å². The standard InChI is InChI=1S/C39H44Cl2N5O8S/c1-25(47)32-7-6-8-35(36(32)26(2)48)52-18-17-50-15-16-51-23-28-20-29(39(3,4)30-19-27(22-42)37(33(41)21-30)53-14-12-40)9-10-34(28)54-24-31-11-13-43-38(44-31)45-46(5,49)55/h6-11,13,19-21,49,55H,12,14-18,23-24H2,1-5H3,(H,43,44,45)/q+1. The van der Waals surface area contributed by atoms with Crippen molar-refractivity contribution in [2.24, 2.45) is 0 Å². The van der Waals surface area contributed by atoms with E-state index in [1.54, 1.807) is 36.4 Å². The minimum atomic E-state index is -0.861. The molecule has 0 saturated heterocycles. The van der Waals surface area contributed by atoms with Crippen molar-refractivity contribution in [3.63, 3.8) is 0 Å². The maximum atomic E-state index is 12.2. The highest BCUT2D eigenvalue weighted by Gasteiger charge is 2.27. The number of halogens is 2. The molecule has 0 aliphatic rings. The molecule has 1 aromatic heterocycles. The molecule has 1 unspecified atom stereocenters. The summed E-state index contributed by atoms with van der Waals surface area (Å²) >= 11 is 16.4. The van der Waals surface area contributed by atoms with Crippen LogP contribution in [0.25, 0.3) is 0 Å². The van der Waals surface area contributed by atoms with Gasteiger partial charge in [0, 0.05) is 22.7 Å². The maximum Gasteiger partial charge on any atom is 0.273 e. The summed E-state index contributed by atoms with van der Waals surface area (Å²) in [4.78, 5) is 32.7. The lowest BCUT2D eigenvalue weighted by Crippen LogP contribution is -2.36. The Morgan fingerprint density at radius 3 is 2.36 bits per heavy atom. The number of ketones is 2. The van der Waals surface area contributed by atoms with Gasteiger partial charge < -0.3 is 23.7 Å². The highest BCUT2D eigenvalue weighted by molar-refractivity contribution is 7.74. The van der Waals surface area contributed by atoms with Crippen molar-refractivity contribution in [3.05, 3.63) is 105 Å². The third-order valence-corrected chi connectivity index (χ3v) is 8.80. The highest BCUT2D eigenvalue weighted by atomic mass is 35.5. The van der Waals surface area contributed by atoms with Crippen molar-refractivity contribution in [2.75, 3.05) is 51.4 Å². The largest absolute Gasteiger partial charge is 0.490 e. The quantitative estimate of drug-likeness (QED) is 0.0190. The first-order valence-electron chi connectivity index (χ1n) is 17.2. The zero-order chi connectivity index (χ0) is 40.2. The molecule has 0 fully saturated rings. The summed E-state index contributed by atoms with van der Waals surface area (Å²) in [5, 5.41) is 20.1. The fourth-order valence-electron chi connectivity index (χ4n) is 5.51. The number of Topliss-reactive ketones (excluding diaryl/α,β-unsaturated/α-hetero) is 2. The molecule has 1 atom stereocenters. The molecule has 1 heterocycles. The molecule has 0 amide bonds. The van der Waals surface area contributed by atoms with Gasteiger partial charge in [-0.25, -0.2) is 9.97 Å². The summed E-state index contributed by atoms with van der Waals surface area (Å²) in [5.74, 6) is 1.11. The fourth-order valence-corrected chi connectivity index (χ4v) is 5.95. The molecule has 16 heteroatoms. The van der Waals surface area contributed by atoms with Crippen LogP contribution in [0.5, 0.6) is 17.2 Å². The molecular weight excluding hydrogens is 769 g/mol. The Labute approximate surface area is 336 Å². The molecule has 0 aliphatic heterocycles. The van der Waals surface area contributed by atoms with Crippen LogP contribution in [0.2, 0.25) is 5.02 Å². The average molecular weight is 814 g/mol. The van der Waals surface area contributed by atoms with Crippen LogP contribution in [0, 0.1) is 11.3 Å². The summed E-state index contributed by atoms with van der Waals surface area (Å²) in [7, 11) is 1.39. The molecule has 55 heavy (non-hydrogen) atoms. The van der Waals surface area contributed by atoms with E-state index >= 15 is 0 Å². The number of hydrogen-bond donors (Lipinski definition) is 3. The van der Waals surface area contributed by atoms with Gasteiger partial charge in [-0.15, -0.1) is 11.6 Å². The number of hydroxylamine groups is 1. The Hall–Kier alpha value is -4.46. The number of hydrogen-bond acceptors (Lipinski definition) is 13. The van der Waals surface area contributed by atoms with Gasteiger partial charge in [0.2, 0.25) is 0 Å². The molecule has 4 aromatic rings. The minimum Gasteiger partial charge on any atom is -0.490 e. The lowest BCUT2D eigenvalue weighted by atomic mass is 9.77. The number of benzene rings is 3. The van der Waals surface area contributed by atoms with E-state index < -0.39 is 9.58 Å². The molecule has 0 radical (unpaired) electrons. The van der Waals surface area contributed by atoms with Crippen LogP contribution in [-0.2, 0) is 28.1 Å². The number of ether oxygens (including phenoxy) is 5. The SMILES string of the molecule is CC(=O)c1cccc(OCCOCCOCc2cc(C(C)(C)c3cc(Cl)c(OCCCl)c(C#N)c3)ccc2OCc2ccnc(N[N+](C)(O)S)n2)c1C(C)=O. The maximum absolute atomic E-state index is 12.2. The summed E-state index contributed by atoms with van der Waals surface area (Å²) in [5.41, 5.74) is 5.89. The average Bonchev–Trinajstić information content (AvgIpc) is 3.13. The second-order valence-corrected chi connectivity index (χ2v) is 14.5. The summed E-state index contributed by atoms with van der Waals surface area (Å²) in [6.45, 7) is 8.22. The monoisotopic (exact) mass is 812 g/mol. The van der Waals surface area contributed by atoms with Gasteiger partial charge in [-0.05, 0) is 65.5 Å². The van der Waals surface area contributed by atoms with Crippen LogP contribution in [-0.4, -0.2) is 76.9 Å². The molecule has 0 saturated carbocycles. The Morgan fingerprint density at radius 1 is 0.927 bits per heavy atom. The Kier molecular flexibility index (Phi) is 15.7. The molecule has 0 bridgehead atoms. The van der Waals surface area contributed by atoms with Gasteiger partial charge in [0.05, 0.1) is 54.2 Å². The van der Waals surface area contributed by atoms with Crippen LogP contribution in [0.15, 0.2) is 60.8 Å². The number of aromatic nitrogens is 2. The van der Waals surface area contributed by atoms with Crippen LogP contribution in [0.4, 0.5) is 5.95 Å². The Bertz CT molecular complexity index is 2020. The third-order valence-electron chi connectivity index (χ3n) is 8.26. The van der Waals surface area contributed by atoms with Gasteiger partial charge in [0.15, 0.2) is 17.3 Å². The molecule has 0 spiro atoms. The molecule has 4 rings (SSSR count). The van der Waals surface area contributed by atoms with Crippen molar-refractivity contribution in [1.29, 1.82) is 5.26 Å². The van der Waals surface area contributed by atoms with Crippen molar-refractivity contribution in [2.45, 2.75) is 46.3 Å². The van der Waals surface area contributed by atoms with E-state index in [0.717, 1.165) is 16.7 Å². The number of carbonyl (C=O) groups excluding carboxylic acids is 2. The summed E-state index contributed by atoms with van der Waals surface area (Å²) in [6.07, 6.45) is 1.54. The molecule has 0 aliphatic carbocycles. The number of anilines is 1. The zero-order valence-electron chi connectivity index (χ0n) is 31.2. The second-order valence-electron chi connectivity index (χ2n) is 12.9. The van der Waals surface area contributed by atoms with Gasteiger partial charge in [-0.1, -0.05) is 43.6 Å². The first-order valence-corrected chi connectivity index (χ1v) is 18.5. The summed E-state index contributed by atoms with van der Waals surface area (Å²) in [6, 6.07) is 18.1. The number of thiol groups is 1. The van der Waals surface area contributed by atoms with E-state index in [-0.39, 0.29) is 75.2 Å². The number of nitrogens with zero attached hydrogens (tertiary/aromatic N) is 4. The van der Waals surface area contributed by atoms with Crippen molar-refractivity contribution in [1.82, 2.24) is 9.97 Å². The topological polar surface area (TPSA) is 162 Å². The third kappa shape index (κ3) is 12.3. The normalized spacial score (nSPS) is 12.4. The van der Waals surface area contributed by atoms with Gasteiger partial charge in [-0.2, -0.15) is 15.9 Å². The van der Waals surface area contributed by atoms with E-state index in [0.29, 0.717) is 39.1 Å². The van der Waals surface area contributed by atoms with Crippen molar-refractivity contribution < 1.29 is 42.6 Å². The van der Waals surface area contributed by atoms with Crippen LogP contribution in [0.1, 0.15) is 76.4 Å². The number of quaternary nitrogens is 1. The van der Waals surface area contributed by atoms with E-state index in [1.807, 2.05) is 32.0 Å². The molecule has 2 N–H and O–H groups in total. The number of nitriles is 1. The summed E-state index contributed by atoms with van der Waals surface area (Å²) < 4.78 is 28.5. The molecule has 292 valence electrons. The van der Waals surface area contributed by atoms with Gasteiger partial charge >= 0.3 is 0 Å². The van der Waals surface area contributed by atoms with Gasteiger partial charge in [-0.3, -0.25) is 9.59 Å². The zero-order valence-corrected chi connectivity index (χ0v) is 33.6. The molecular formula is C39H44Cl2N5O8S+. The Balaban J connectivity index is 1.47. The van der Waals surface area contributed by atoms with Crippen molar-refractivity contribution in [3.8, 4) is 23.3 Å². The minimum absolute atomic E-state index is 0.0866. The second kappa shape index (κ2) is 19.9. The smallest absolute Gasteiger partial charge is 0.273 e. The first-order chi connectivity index (χ1) is 26.1. The van der Waals surface area contributed by atoms with E-state index in [4.69, 9.17) is 46.9 Å². The number of carbonyl (C=O) groups is 2. The van der Waals surface area contributed by atoms with Gasteiger partial charge in [0.1, 0.15) is 57.3 Å². The lowest BCUT2D eigenvalue weighted by Gasteiger charge is -2.28. The van der Waals surface area contributed by atoms with E-state index in [9.17, 15) is 20.1 Å². The van der Waals surface area contributed by atoms with Crippen molar-refractivity contribution >= 4 is 53.5 Å². The van der Waals surface area contributed by atoms with Crippen LogP contribution in [0.3, 0.4) is 0 Å². The number of rotatable bonds is 21. The lowest BCUT2D eigenvalue weighted by molar-refractivity contribution is -0.955. The highest BCUT2D eigenvalue weighted by Crippen LogP contribution is 2.39. The Morgan fingerprint density at radius 2 is 1.67 bits per heavy atom. The number of alkyl halides is 1. The van der Waals surface area contributed by atoms with E-state index in [2.05, 4.69) is 34.3 Å². The van der Waals surface area contributed by atoms with Gasteiger partial charge in [0.25, 0.3) is 5.95 Å². The molecule has 13 nitrogen and oxygen atoms in total. The predicted molar refractivity (Wildman–Crippen MR) is 210 cm³/mol. The first kappa shape index (κ1) is 43.3. The number of nitrogens with one attached hydrogen (secondary N) is 1. The molecule has 3 aromatic carbocycles. The predicted octanol–water partition coefficient (Wildman–Crippen LogP) is 7.55. The van der Waals surface area contributed by atoms with Crippen LogP contribution < -0.4 is 19.6 Å².